The zero-order valence-corrected chi connectivity index (χ0v) is 4.83. The highest BCUT2D eigenvalue weighted by molar-refractivity contribution is 4.84. The van der Waals surface area contributed by atoms with Gasteiger partial charge in [-0.15, -0.1) is 0 Å². The lowest BCUT2D eigenvalue weighted by Gasteiger charge is -1.82. The second kappa shape index (κ2) is 2.82. The van der Waals surface area contributed by atoms with Crippen molar-refractivity contribution < 1.29 is 0 Å². The van der Waals surface area contributed by atoms with Crippen LogP contribution in [0.2, 0.25) is 0 Å². The molecule has 0 bridgehead atoms. The minimum Gasteiger partial charge on any atom is -0.263 e. The number of nitrogens with zero attached hydrogens (tertiary/aromatic N) is 3. The molecule has 0 amide bonds. The lowest BCUT2D eigenvalue weighted by molar-refractivity contribution is 0.892. The molecular formula is C5H6N4. The number of aromatic nitrogens is 3. The summed E-state index contributed by atoms with van der Waals surface area (Å²) in [6.07, 6.45) is 2.60. The normalized spacial score (nSPS) is 8.78. The number of nitriles is 1. The van der Waals surface area contributed by atoms with Gasteiger partial charge in [0.15, 0.2) is 0 Å². The van der Waals surface area contributed by atoms with Gasteiger partial charge in [-0.05, 0) is 0 Å². The second-order valence-electron chi connectivity index (χ2n) is 1.59. The molecule has 1 aromatic rings. The standard InChI is InChI=1S/C5H6N4/c6-3-1-2-5-7-4-8-9-5/h4H,1-2H2,(H,7,8,9). The van der Waals surface area contributed by atoms with Crippen molar-refractivity contribution in [3.63, 3.8) is 0 Å². The molecule has 0 unspecified atom stereocenters. The molecule has 0 radical (unpaired) electrons. The number of aryl methyl sites for hydroxylation is 1. The summed E-state index contributed by atoms with van der Waals surface area (Å²) < 4.78 is 0. The Balaban J connectivity index is 2.41. The highest BCUT2D eigenvalue weighted by atomic mass is 15.2. The summed E-state index contributed by atoms with van der Waals surface area (Å²) in [6.45, 7) is 0. The van der Waals surface area contributed by atoms with E-state index in [9.17, 15) is 0 Å². The first-order chi connectivity index (χ1) is 4.43. The third kappa shape index (κ3) is 1.53. The molecule has 0 fully saturated rings. The Morgan fingerprint density at radius 2 is 2.67 bits per heavy atom. The van der Waals surface area contributed by atoms with Gasteiger partial charge in [0, 0.05) is 12.8 Å². The van der Waals surface area contributed by atoms with Crippen molar-refractivity contribution in [2.75, 3.05) is 0 Å². The number of H-pyrrole nitrogens is 1. The van der Waals surface area contributed by atoms with Crippen molar-refractivity contribution in [3.05, 3.63) is 12.2 Å². The van der Waals surface area contributed by atoms with Crippen molar-refractivity contribution in [1.82, 2.24) is 15.2 Å². The third-order valence-corrected chi connectivity index (χ3v) is 0.939. The molecule has 0 saturated heterocycles. The topological polar surface area (TPSA) is 65.4 Å². The fourth-order valence-corrected chi connectivity index (χ4v) is 0.526. The Labute approximate surface area is 52.5 Å². The highest BCUT2D eigenvalue weighted by Gasteiger charge is 1.91. The third-order valence-electron chi connectivity index (χ3n) is 0.939. The van der Waals surface area contributed by atoms with Crippen LogP contribution in [0, 0.1) is 11.3 Å². The molecule has 4 nitrogen and oxygen atoms in total. The van der Waals surface area contributed by atoms with Crippen LogP contribution in [0.5, 0.6) is 0 Å². The Kier molecular flexibility index (Phi) is 1.81. The van der Waals surface area contributed by atoms with Crippen molar-refractivity contribution in [3.8, 4) is 6.07 Å². The summed E-state index contributed by atoms with van der Waals surface area (Å²) in [6, 6.07) is 2.02. The molecular weight excluding hydrogens is 116 g/mol. The van der Waals surface area contributed by atoms with Gasteiger partial charge in [0.2, 0.25) is 0 Å². The molecule has 0 aromatic carbocycles. The number of hydrogen-bond donors (Lipinski definition) is 1. The quantitative estimate of drug-likeness (QED) is 0.611. The SMILES string of the molecule is N#CCCc1ncn[nH]1. The maximum absolute atomic E-state index is 8.15. The van der Waals surface area contributed by atoms with E-state index in [1.54, 1.807) is 0 Å². The first-order valence-electron chi connectivity index (χ1n) is 2.64. The maximum atomic E-state index is 8.15. The highest BCUT2D eigenvalue weighted by Crippen LogP contribution is 1.89. The van der Waals surface area contributed by atoms with Crippen molar-refractivity contribution in [1.29, 1.82) is 5.26 Å². The van der Waals surface area contributed by atoms with E-state index in [0.717, 1.165) is 5.82 Å². The van der Waals surface area contributed by atoms with Crippen LogP contribution in [0.3, 0.4) is 0 Å². The van der Waals surface area contributed by atoms with Gasteiger partial charge in [0.05, 0.1) is 6.07 Å². The van der Waals surface area contributed by atoms with Gasteiger partial charge in [-0.2, -0.15) is 10.4 Å². The Morgan fingerprint density at radius 1 is 1.78 bits per heavy atom. The molecule has 46 valence electrons. The first-order valence-corrected chi connectivity index (χ1v) is 2.64. The zero-order valence-electron chi connectivity index (χ0n) is 4.83. The fourth-order valence-electron chi connectivity index (χ4n) is 0.526. The summed E-state index contributed by atoms with van der Waals surface area (Å²) in [5, 5.41) is 14.4. The number of rotatable bonds is 2. The Bertz CT molecular complexity index is 195. The lowest BCUT2D eigenvalue weighted by Crippen LogP contribution is -1.85. The predicted octanol–water partition coefficient (Wildman–Crippen LogP) is 0.261. The van der Waals surface area contributed by atoms with E-state index in [1.807, 2.05) is 6.07 Å². The fraction of sp³-hybridized carbons (Fsp3) is 0.400. The lowest BCUT2D eigenvalue weighted by atomic mass is 10.3. The molecule has 1 aromatic heterocycles. The summed E-state index contributed by atoms with van der Waals surface area (Å²) in [5.41, 5.74) is 0. The largest absolute Gasteiger partial charge is 0.263 e. The summed E-state index contributed by atoms with van der Waals surface area (Å²) in [5.74, 6) is 0.775. The Morgan fingerprint density at radius 3 is 3.22 bits per heavy atom. The van der Waals surface area contributed by atoms with E-state index in [1.165, 1.54) is 6.33 Å². The average molecular weight is 122 g/mol. The molecule has 1 N–H and O–H groups in total. The molecule has 1 heterocycles. The van der Waals surface area contributed by atoms with Gasteiger partial charge in [-0.25, -0.2) is 4.98 Å². The van der Waals surface area contributed by atoms with Crippen LogP contribution in [-0.2, 0) is 6.42 Å². The molecule has 0 spiro atoms. The van der Waals surface area contributed by atoms with Crippen LogP contribution in [-0.4, -0.2) is 15.2 Å². The monoisotopic (exact) mass is 122 g/mol. The van der Waals surface area contributed by atoms with Crippen LogP contribution in [0.1, 0.15) is 12.2 Å². The number of hydrogen-bond acceptors (Lipinski definition) is 3. The van der Waals surface area contributed by atoms with E-state index in [4.69, 9.17) is 5.26 Å². The maximum Gasteiger partial charge on any atom is 0.137 e. The van der Waals surface area contributed by atoms with E-state index >= 15 is 0 Å². The van der Waals surface area contributed by atoms with Crippen LogP contribution in [0.25, 0.3) is 0 Å². The van der Waals surface area contributed by atoms with Gasteiger partial charge in [-0.3, -0.25) is 5.10 Å². The van der Waals surface area contributed by atoms with Gasteiger partial charge in [0.1, 0.15) is 12.2 Å². The predicted molar refractivity (Wildman–Crippen MR) is 30.3 cm³/mol. The average Bonchev–Trinajstić information content (AvgIpc) is 2.34. The van der Waals surface area contributed by atoms with Gasteiger partial charge < -0.3 is 0 Å². The molecule has 0 aliphatic heterocycles. The van der Waals surface area contributed by atoms with E-state index in [2.05, 4.69) is 15.2 Å². The second-order valence-corrected chi connectivity index (χ2v) is 1.59. The van der Waals surface area contributed by atoms with Crippen LogP contribution in [0.4, 0.5) is 0 Å². The van der Waals surface area contributed by atoms with Crippen LogP contribution >= 0.6 is 0 Å². The minimum absolute atomic E-state index is 0.495. The van der Waals surface area contributed by atoms with E-state index in [-0.39, 0.29) is 0 Å². The molecule has 0 aliphatic carbocycles. The van der Waals surface area contributed by atoms with Crippen LogP contribution < -0.4 is 0 Å². The molecule has 1 rings (SSSR count). The summed E-state index contributed by atoms with van der Waals surface area (Å²) in [4.78, 5) is 3.84. The zero-order chi connectivity index (χ0) is 6.53. The van der Waals surface area contributed by atoms with E-state index in [0.29, 0.717) is 12.8 Å². The summed E-state index contributed by atoms with van der Waals surface area (Å²) in [7, 11) is 0. The van der Waals surface area contributed by atoms with Crippen molar-refractivity contribution >= 4 is 0 Å². The first kappa shape index (κ1) is 5.76. The molecule has 0 saturated carbocycles. The smallest absolute Gasteiger partial charge is 0.137 e. The Hall–Kier alpha value is -1.37. The molecule has 0 atom stereocenters. The minimum atomic E-state index is 0.495. The molecule has 4 heteroatoms. The van der Waals surface area contributed by atoms with Crippen molar-refractivity contribution in [2.24, 2.45) is 0 Å². The molecule has 9 heavy (non-hydrogen) atoms. The number of aromatic amines is 1. The summed E-state index contributed by atoms with van der Waals surface area (Å²) >= 11 is 0. The van der Waals surface area contributed by atoms with Gasteiger partial charge in [0.25, 0.3) is 0 Å². The van der Waals surface area contributed by atoms with Crippen LogP contribution in [0.15, 0.2) is 6.33 Å². The molecule has 0 aliphatic rings. The van der Waals surface area contributed by atoms with Gasteiger partial charge in [-0.1, -0.05) is 0 Å². The number of nitrogens with one attached hydrogen (secondary N) is 1. The van der Waals surface area contributed by atoms with Gasteiger partial charge >= 0.3 is 0 Å². The van der Waals surface area contributed by atoms with E-state index < -0.39 is 0 Å². The van der Waals surface area contributed by atoms with Crippen molar-refractivity contribution in [2.45, 2.75) is 12.8 Å².